The number of piperidine rings is 1. The Balaban J connectivity index is 1.17. The quantitative estimate of drug-likeness (QED) is 0.463. The van der Waals surface area contributed by atoms with E-state index in [1.54, 1.807) is 12.1 Å². The molecule has 7 nitrogen and oxygen atoms in total. The van der Waals surface area contributed by atoms with Gasteiger partial charge in [0.2, 0.25) is 5.91 Å². The Hall–Kier alpha value is -2.32. The lowest BCUT2D eigenvalue weighted by Gasteiger charge is -2.39. The summed E-state index contributed by atoms with van der Waals surface area (Å²) < 4.78 is 17.4. The standard InChI is InChI=1S/C24H29ClN2O5/c1-17(28)26-21-4-2-3-5-23(21)31-16-30-15-20(29)14-27-10-8-24(9-11-27)13-18-12-19(25)6-7-22(18)32-24/h2-7,12,20,29H,8-11,13-16H2,1H3,(H,26,28)/t20-/m1/s1. The predicted octanol–water partition coefficient (Wildman–Crippen LogP) is 3.48. The molecular formula is C24H29ClN2O5. The number of likely N-dealkylation sites (tertiary alicyclic amines) is 1. The number of halogens is 1. The number of β-amino-alcohol motifs (C(OH)–C–C–N with tert-alkyl or cyclic N) is 1. The van der Waals surface area contributed by atoms with Gasteiger partial charge in [0, 0.05) is 50.8 Å². The summed E-state index contributed by atoms with van der Waals surface area (Å²) in [6.07, 6.45) is 2.10. The molecule has 1 spiro atoms. The minimum absolute atomic E-state index is 0.00850. The van der Waals surface area contributed by atoms with E-state index in [4.69, 9.17) is 25.8 Å². The number of carbonyl (C=O) groups is 1. The van der Waals surface area contributed by atoms with Gasteiger partial charge in [-0.2, -0.15) is 0 Å². The van der Waals surface area contributed by atoms with E-state index in [0.717, 1.165) is 43.1 Å². The molecule has 2 aromatic rings. The summed E-state index contributed by atoms with van der Waals surface area (Å²) in [7, 11) is 0. The number of amides is 1. The number of para-hydroxylation sites is 2. The smallest absolute Gasteiger partial charge is 0.221 e. The summed E-state index contributed by atoms with van der Waals surface area (Å²) in [5.74, 6) is 1.30. The first-order chi connectivity index (χ1) is 15.4. The summed E-state index contributed by atoms with van der Waals surface area (Å²) in [6.45, 7) is 3.87. The van der Waals surface area contributed by atoms with Crippen LogP contribution < -0.4 is 14.8 Å². The Morgan fingerprint density at radius 1 is 1.28 bits per heavy atom. The molecule has 172 valence electrons. The highest BCUT2D eigenvalue weighted by Gasteiger charge is 2.42. The normalized spacial score (nSPS) is 18.1. The zero-order valence-corrected chi connectivity index (χ0v) is 18.9. The molecule has 2 heterocycles. The van der Waals surface area contributed by atoms with Crippen molar-refractivity contribution in [3.05, 3.63) is 53.1 Å². The molecule has 1 atom stereocenters. The van der Waals surface area contributed by atoms with Gasteiger partial charge in [0.15, 0.2) is 6.79 Å². The van der Waals surface area contributed by atoms with Crippen molar-refractivity contribution in [2.24, 2.45) is 0 Å². The van der Waals surface area contributed by atoms with Gasteiger partial charge in [0.05, 0.1) is 18.4 Å². The molecule has 2 N–H and O–H groups in total. The molecule has 1 fully saturated rings. The first-order valence-corrected chi connectivity index (χ1v) is 11.3. The Kier molecular flexibility index (Phi) is 7.20. The van der Waals surface area contributed by atoms with Crippen molar-refractivity contribution >= 4 is 23.2 Å². The van der Waals surface area contributed by atoms with E-state index in [1.807, 2.05) is 30.3 Å². The SMILES string of the molecule is CC(=O)Nc1ccccc1OCOC[C@H](O)CN1CCC2(CC1)Cc1cc(Cl)ccc1O2. The van der Waals surface area contributed by atoms with Gasteiger partial charge in [-0.1, -0.05) is 23.7 Å². The maximum atomic E-state index is 11.3. The van der Waals surface area contributed by atoms with Crippen LogP contribution in [0, 0.1) is 0 Å². The van der Waals surface area contributed by atoms with Gasteiger partial charge in [-0.05, 0) is 35.9 Å². The van der Waals surface area contributed by atoms with Gasteiger partial charge < -0.3 is 29.5 Å². The van der Waals surface area contributed by atoms with Crippen LogP contribution in [0.3, 0.4) is 0 Å². The maximum Gasteiger partial charge on any atom is 0.221 e. The molecule has 2 aromatic carbocycles. The maximum absolute atomic E-state index is 11.3. The number of rotatable bonds is 8. The fourth-order valence-corrected chi connectivity index (χ4v) is 4.54. The Bertz CT molecular complexity index is 946. The van der Waals surface area contributed by atoms with Crippen LogP contribution in [0.2, 0.25) is 5.02 Å². The third kappa shape index (κ3) is 5.72. The molecular weight excluding hydrogens is 432 g/mol. The van der Waals surface area contributed by atoms with E-state index in [-0.39, 0.29) is 24.9 Å². The van der Waals surface area contributed by atoms with Crippen molar-refractivity contribution < 1.29 is 24.1 Å². The third-order valence-corrected chi connectivity index (χ3v) is 6.14. The van der Waals surface area contributed by atoms with Gasteiger partial charge >= 0.3 is 0 Å². The molecule has 2 aliphatic rings. The zero-order valence-electron chi connectivity index (χ0n) is 18.2. The highest BCUT2D eigenvalue weighted by molar-refractivity contribution is 6.30. The van der Waals surface area contributed by atoms with Crippen molar-refractivity contribution in [2.45, 2.75) is 37.9 Å². The Morgan fingerprint density at radius 3 is 2.84 bits per heavy atom. The summed E-state index contributed by atoms with van der Waals surface area (Å²) in [6, 6.07) is 13.0. The number of nitrogens with zero attached hydrogens (tertiary/aromatic N) is 1. The number of nitrogens with one attached hydrogen (secondary N) is 1. The number of aliphatic hydroxyl groups excluding tert-OH is 1. The summed E-state index contributed by atoms with van der Waals surface area (Å²) in [4.78, 5) is 13.5. The van der Waals surface area contributed by atoms with Crippen LogP contribution >= 0.6 is 11.6 Å². The molecule has 8 heteroatoms. The first kappa shape index (κ1) is 22.9. The van der Waals surface area contributed by atoms with Gasteiger partial charge in [-0.15, -0.1) is 0 Å². The second-order valence-electron chi connectivity index (χ2n) is 8.48. The lowest BCUT2D eigenvalue weighted by Crippen LogP contribution is -2.49. The van der Waals surface area contributed by atoms with Crippen molar-refractivity contribution in [1.29, 1.82) is 0 Å². The molecule has 0 bridgehead atoms. The number of aliphatic hydroxyl groups is 1. The van der Waals surface area contributed by atoms with Crippen LogP contribution in [-0.2, 0) is 16.0 Å². The van der Waals surface area contributed by atoms with Crippen molar-refractivity contribution in [1.82, 2.24) is 4.90 Å². The minimum Gasteiger partial charge on any atom is -0.487 e. The predicted molar refractivity (Wildman–Crippen MR) is 122 cm³/mol. The molecule has 4 rings (SSSR count). The lowest BCUT2D eigenvalue weighted by molar-refractivity contribution is -0.114. The summed E-state index contributed by atoms with van der Waals surface area (Å²) in [5, 5.41) is 13.8. The average Bonchev–Trinajstić information content (AvgIpc) is 3.10. The van der Waals surface area contributed by atoms with Crippen LogP contribution in [0.25, 0.3) is 0 Å². The number of hydrogen-bond acceptors (Lipinski definition) is 6. The van der Waals surface area contributed by atoms with Crippen molar-refractivity contribution in [3.8, 4) is 11.5 Å². The van der Waals surface area contributed by atoms with Gasteiger partial charge in [0.25, 0.3) is 0 Å². The average molecular weight is 461 g/mol. The van der Waals surface area contributed by atoms with Crippen LogP contribution in [0.15, 0.2) is 42.5 Å². The Morgan fingerprint density at radius 2 is 2.06 bits per heavy atom. The number of anilines is 1. The number of carbonyl (C=O) groups excluding carboxylic acids is 1. The number of hydrogen-bond donors (Lipinski definition) is 2. The van der Waals surface area contributed by atoms with E-state index in [0.29, 0.717) is 18.0 Å². The largest absolute Gasteiger partial charge is 0.487 e. The van der Waals surface area contributed by atoms with Crippen LogP contribution in [-0.4, -0.2) is 60.7 Å². The van der Waals surface area contributed by atoms with E-state index in [9.17, 15) is 9.90 Å². The van der Waals surface area contributed by atoms with E-state index in [2.05, 4.69) is 10.2 Å². The summed E-state index contributed by atoms with van der Waals surface area (Å²) >= 11 is 6.12. The molecule has 1 amide bonds. The number of ether oxygens (including phenoxy) is 3. The molecule has 0 radical (unpaired) electrons. The van der Waals surface area contributed by atoms with E-state index in [1.165, 1.54) is 12.5 Å². The highest BCUT2D eigenvalue weighted by atomic mass is 35.5. The van der Waals surface area contributed by atoms with Gasteiger partial charge in [-0.25, -0.2) is 0 Å². The van der Waals surface area contributed by atoms with Gasteiger partial charge in [-0.3, -0.25) is 4.79 Å². The monoisotopic (exact) mass is 460 g/mol. The fourth-order valence-electron chi connectivity index (χ4n) is 4.35. The lowest BCUT2D eigenvalue weighted by atomic mass is 9.87. The fraction of sp³-hybridized carbons (Fsp3) is 0.458. The highest BCUT2D eigenvalue weighted by Crippen LogP contribution is 2.41. The van der Waals surface area contributed by atoms with Crippen molar-refractivity contribution in [3.63, 3.8) is 0 Å². The second kappa shape index (κ2) is 10.1. The van der Waals surface area contributed by atoms with Crippen molar-refractivity contribution in [2.75, 3.05) is 38.4 Å². The number of fused-ring (bicyclic) bond motifs is 1. The van der Waals surface area contributed by atoms with Crippen LogP contribution in [0.4, 0.5) is 5.69 Å². The molecule has 2 aliphatic heterocycles. The summed E-state index contributed by atoms with van der Waals surface area (Å²) in [5.41, 5.74) is 1.62. The Labute approximate surface area is 193 Å². The third-order valence-electron chi connectivity index (χ3n) is 5.90. The molecule has 0 aliphatic carbocycles. The molecule has 0 unspecified atom stereocenters. The topological polar surface area (TPSA) is 80.3 Å². The van der Waals surface area contributed by atoms with E-state index < -0.39 is 6.10 Å². The first-order valence-electron chi connectivity index (χ1n) is 10.9. The minimum atomic E-state index is -0.612. The van der Waals surface area contributed by atoms with Gasteiger partial charge in [0.1, 0.15) is 17.1 Å². The molecule has 0 saturated carbocycles. The molecule has 0 aromatic heterocycles. The zero-order chi connectivity index (χ0) is 22.6. The van der Waals surface area contributed by atoms with E-state index >= 15 is 0 Å². The van der Waals surface area contributed by atoms with Crippen LogP contribution in [0.5, 0.6) is 11.5 Å². The molecule has 32 heavy (non-hydrogen) atoms. The number of benzene rings is 2. The molecule has 1 saturated heterocycles. The second-order valence-corrected chi connectivity index (χ2v) is 8.92. The van der Waals surface area contributed by atoms with Crippen LogP contribution in [0.1, 0.15) is 25.3 Å².